The maximum atomic E-state index is 13.2. The van der Waals surface area contributed by atoms with Crippen LogP contribution in [0.1, 0.15) is 28.8 Å². The van der Waals surface area contributed by atoms with Gasteiger partial charge in [-0.15, -0.1) is 11.8 Å². The van der Waals surface area contributed by atoms with Crippen LogP contribution in [0.2, 0.25) is 0 Å². The third-order valence-electron chi connectivity index (χ3n) is 5.71. The molecule has 0 N–H and O–H groups in total. The van der Waals surface area contributed by atoms with Gasteiger partial charge in [-0.2, -0.15) is 0 Å². The summed E-state index contributed by atoms with van der Waals surface area (Å²) in [6, 6.07) is 15.7. The Morgan fingerprint density at radius 3 is 2.58 bits per heavy atom. The van der Waals surface area contributed by atoms with E-state index in [0.29, 0.717) is 5.82 Å². The molecule has 0 amide bonds. The standard InChI is InChI=1S/C25H27N3O2S/c1-30-21-11-9-19(10-12-21)25-26-14-18(15-27-25)16-28-13-5-6-20(17-28)24(29)22-7-3-4-8-23(22)31-2/h3-4,7-12,14-15,20H,5-6,13,16-17H2,1-2H3/t20-/m0/s1. The molecule has 1 aliphatic heterocycles. The van der Waals surface area contributed by atoms with Crippen molar-refractivity contribution in [1.29, 1.82) is 0 Å². The number of carbonyl (C=O) groups is 1. The van der Waals surface area contributed by atoms with Crippen LogP contribution in [-0.4, -0.2) is 47.1 Å². The fourth-order valence-corrected chi connectivity index (χ4v) is 4.67. The number of thioether (sulfide) groups is 1. The Morgan fingerprint density at radius 2 is 1.87 bits per heavy atom. The molecule has 4 rings (SSSR count). The van der Waals surface area contributed by atoms with Gasteiger partial charge < -0.3 is 4.74 Å². The number of Topliss-reactive ketones (excluding diaryl/α,β-unsaturated/α-hetero) is 1. The zero-order valence-electron chi connectivity index (χ0n) is 18.0. The number of carbonyl (C=O) groups excluding carboxylic acids is 1. The summed E-state index contributed by atoms with van der Waals surface area (Å²) < 4.78 is 5.20. The molecule has 6 heteroatoms. The highest BCUT2D eigenvalue weighted by atomic mass is 32.2. The van der Waals surface area contributed by atoms with Gasteiger partial charge >= 0.3 is 0 Å². The normalized spacial score (nSPS) is 16.8. The monoisotopic (exact) mass is 433 g/mol. The highest BCUT2D eigenvalue weighted by Crippen LogP contribution is 2.27. The molecule has 1 aliphatic rings. The second-order valence-electron chi connectivity index (χ2n) is 7.78. The van der Waals surface area contributed by atoms with Crippen LogP contribution in [0.3, 0.4) is 0 Å². The average molecular weight is 434 g/mol. The fourth-order valence-electron chi connectivity index (χ4n) is 4.07. The maximum absolute atomic E-state index is 13.2. The van der Waals surface area contributed by atoms with E-state index in [-0.39, 0.29) is 11.7 Å². The number of hydrogen-bond donors (Lipinski definition) is 0. The minimum atomic E-state index is 0.0431. The summed E-state index contributed by atoms with van der Waals surface area (Å²) in [7, 11) is 1.65. The van der Waals surface area contributed by atoms with Crippen LogP contribution in [0.15, 0.2) is 65.8 Å². The number of methoxy groups -OCH3 is 1. The van der Waals surface area contributed by atoms with Crippen molar-refractivity contribution < 1.29 is 9.53 Å². The van der Waals surface area contributed by atoms with Crippen LogP contribution in [-0.2, 0) is 6.54 Å². The van der Waals surface area contributed by atoms with Crippen LogP contribution in [0.25, 0.3) is 11.4 Å². The molecule has 0 aliphatic carbocycles. The predicted octanol–water partition coefficient (Wildman–Crippen LogP) is 4.97. The molecule has 1 fully saturated rings. The SMILES string of the molecule is COc1ccc(-c2ncc(CN3CCC[C@H](C(=O)c4ccccc4SC)C3)cn2)cc1. The Labute approximate surface area is 187 Å². The zero-order chi connectivity index (χ0) is 21.6. The second kappa shape index (κ2) is 10.1. The van der Waals surface area contributed by atoms with E-state index in [1.165, 1.54) is 0 Å². The van der Waals surface area contributed by atoms with Crippen molar-refractivity contribution in [3.63, 3.8) is 0 Å². The molecule has 2 heterocycles. The first kappa shape index (κ1) is 21.5. The lowest BCUT2D eigenvalue weighted by atomic mass is 9.90. The molecule has 0 unspecified atom stereocenters. The smallest absolute Gasteiger partial charge is 0.168 e. The summed E-state index contributed by atoms with van der Waals surface area (Å²) in [5, 5.41) is 0. The molecule has 160 valence electrons. The molecular formula is C25H27N3O2S. The summed E-state index contributed by atoms with van der Waals surface area (Å²) in [6.45, 7) is 2.53. The summed E-state index contributed by atoms with van der Waals surface area (Å²) in [5.41, 5.74) is 2.88. The highest BCUT2D eigenvalue weighted by Gasteiger charge is 2.27. The van der Waals surface area contributed by atoms with Crippen molar-refractivity contribution in [3.8, 4) is 17.1 Å². The predicted molar refractivity (Wildman–Crippen MR) is 125 cm³/mol. The Bertz CT molecular complexity index is 1020. The molecule has 3 aromatic rings. The Kier molecular flexibility index (Phi) is 6.99. The van der Waals surface area contributed by atoms with E-state index in [9.17, 15) is 4.79 Å². The average Bonchev–Trinajstić information content (AvgIpc) is 2.84. The van der Waals surface area contributed by atoms with Gasteiger partial charge in [-0.25, -0.2) is 9.97 Å². The van der Waals surface area contributed by atoms with Crippen LogP contribution >= 0.6 is 11.8 Å². The minimum Gasteiger partial charge on any atom is -0.497 e. The van der Waals surface area contributed by atoms with Gasteiger partial charge in [0.2, 0.25) is 0 Å². The first-order valence-electron chi connectivity index (χ1n) is 10.5. The van der Waals surface area contributed by atoms with Gasteiger partial charge in [0.1, 0.15) is 5.75 Å². The molecule has 5 nitrogen and oxygen atoms in total. The zero-order valence-corrected chi connectivity index (χ0v) is 18.8. The van der Waals surface area contributed by atoms with E-state index in [0.717, 1.165) is 59.8 Å². The van der Waals surface area contributed by atoms with Crippen molar-refractivity contribution >= 4 is 17.5 Å². The topological polar surface area (TPSA) is 55.3 Å². The second-order valence-corrected chi connectivity index (χ2v) is 8.63. The minimum absolute atomic E-state index is 0.0431. The van der Waals surface area contributed by atoms with Crippen molar-refractivity contribution in [2.75, 3.05) is 26.5 Å². The number of likely N-dealkylation sites (tertiary alicyclic amines) is 1. The summed E-state index contributed by atoms with van der Waals surface area (Å²) in [5.74, 6) is 1.82. The Balaban J connectivity index is 1.40. The van der Waals surface area contributed by atoms with Crippen LogP contribution in [0.5, 0.6) is 5.75 Å². The van der Waals surface area contributed by atoms with Crippen molar-refractivity contribution in [2.45, 2.75) is 24.3 Å². The number of benzene rings is 2. The number of aromatic nitrogens is 2. The van der Waals surface area contributed by atoms with E-state index >= 15 is 0 Å². The number of nitrogens with zero attached hydrogens (tertiary/aromatic N) is 3. The van der Waals surface area contributed by atoms with Gasteiger partial charge in [-0.05, 0) is 56.0 Å². The largest absolute Gasteiger partial charge is 0.497 e. The number of hydrogen-bond acceptors (Lipinski definition) is 6. The van der Waals surface area contributed by atoms with Gasteiger partial charge in [-0.1, -0.05) is 18.2 Å². The quantitative estimate of drug-likeness (QED) is 0.387. The van der Waals surface area contributed by atoms with Crippen LogP contribution in [0, 0.1) is 5.92 Å². The van der Waals surface area contributed by atoms with Crippen molar-refractivity contribution in [1.82, 2.24) is 14.9 Å². The first-order valence-corrected chi connectivity index (χ1v) is 11.8. The van der Waals surface area contributed by atoms with Crippen LogP contribution < -0.4 is 4.74 Å². The molecule has 1 atom stereocenters. The molecule has 2 aromatic carbocycles. The lowest BCUT2D eigenvalue weighted by Crippen LogP contribution is -2.38. The molecule has 0 saturated carbocycles. The number of ether oxygens (including phenoxy) is 1. The van der Waals surface area contributed by atoms with E-state index in [1.807, 2.05) is 67.2 Å². The van der Waals surface area contributed by atoms with E-state index in [1.54, 1.807) is 18.9 Å². The number of piperidine rings is 1. The Morgan fingerprint density at radius 1 is 1.13 bits per heavy atom. The molecule has 0 bridgehead atoms. The van der Waals surface area contributed by atoms with Gasteiger partial charge in [0, 0.05) is 53.0 Å². The molecule has 1 saturated heterocycles. The molecule has 1 aromatic heterocycles. The maximum Gasteiger partial charge on any atom is 0.168 e. The molecule has 0 spiro atoms. The molecule has 31 heavy (non-hydrogen) atoms. The Hall–Kier alpha value is -2.70. The summed E-state index contributed by atoms with van der Waals surface area (Å²) >= 11 is 1.63. The van der Waals surface area contributed by atoms with Gasteiger partial charge in [0.25, 0.3) is 0 Å². The molecule has 0 radical (unpaired) electrons. The van der Waals surface area contributed by atoms with Gasteiger partial charge in [0.05, 0.1) is 7.11 Å². The third kappa shape index (κ3) is 5.14. The third-order valence-corrected chi connectivity index (χ3v) is 6.50. The van der Waals surface area contributed by atoms with E-state index in [2.05, 4.69) is 14.9 Å². The van der Waals surface area contributed by atoms with E-state index < -0.39 is 0 Å². The van der Waals surface area contributed by atoms with Gasteiger partial charge in [-0.3, -0.25) is 9.69 Å². The number of rotatable bonds is 7. The summed E-state index contributed by atoms with van der Waals surface area (Å²) in [6.07, 6.45) is 7.78. The first-order chi connectivity index (χ1) is 15.2. The van der Waals surface area contributed by atoms with Gasteiger partial charge in [0.15, 0.2) is 11.6 Å². The highest BCUT2D eigenvalue weighted by molar-refractivity contribution is 7.98. The number of ketones is 1. The van der Waals surface area contributed by atoms with E-state index in [4.69, 9.17) is 4.74 Å². The fraction of sp³-hybridized carbons (Fsp3) is 0.320. The van der Waals surface area contributed by atoms with Crippen LogP contribution in [0.4, 0.5) is 0 Å². The lowest BCUT2D eigenvalue weighted by Gasteiger charge is -2.32. The van der Waals surface area contributed by atoms with Crippen molar-refractivity contribution in [2.24, 2.45) is 5.92 Å². The lowest BCUT2D eigenvalue weighted by molar-refractivity contribution is 0.0808. The molecular weight excluding hydrogens is 406 g/mol. The van der Waals surface area contributed by atoms with Crippen molar-refractivity contribution in [3.05, 3.63) is 72.1 Å². The summed E-state index contributed by atoms with van der Waals surface area (Å²) in [4.78, 5) is 25.7.